The molecule has 0 bridgehead atoms. The average molecular weight is 453 g/mol. The van der Waals surface area contributed by atoms with E-state index < -0.39 is 5.82 Å². The van der Waals surface area contributed by atoms with E-state index >= 15 is 0 Å². The van der Waals surface area contributed by atoms with Crippen LogP contribution in [-0.4, -0.2) is 29.2 Å². The van der Waals surface area contributed by atoms with Crippen LogP contribution in [0.15, 0.2) is 66.1 Å². The van der Waals surface area contributed by atoms with Gasteiger partial charge in [0, 0.05) is 12.0 Å². The Balaban J connectivity index is 1.57. The molecule has 2 aromatic heterocycles. The summed E-state index contributed by atoms with van der Waals surface area (Å²) in [5, 5.41) is 6.66. The number of hydrogen-bond donors (Lipinski definition) is 1. The normalized spacial score (nSPS) is 19.7. The molecule has 0 aromatic carbocycles. The Kier molecular flexibility index (Phi) is 8.69. The van der Waals surface area contributed by atoms with Gasteiger partial charge in [-0.1, -0.05) is 31.2 Å². The first-order valence-electron chi connectivity index (χ1n) is 11.0. The van der Waals surface area contributed by atoms with Crippen molar-refractivity contribution in [2.24, 2.45) is 22.9 Å². The highest BCUT2D eigenvalue weighted by Crippen LogP contribution is 2.38. The number of halogens is 1. The number of pyridine rings is 2. The molecule has 0 aliphatic heterocycles. The fourth-order valence-corrected chi connectivity index (χ4v) is 4.04. The first-order valence-corrected chi connectivity index (χ1v) is 11.0. The molecule has 174 valence electrons. The number of nitrogens with zero attached hydrogens (tertiary/aromatic N) is 3. The van der Waals surface area contributed by atoms with Gasteiger partial charge in [-0.2, -0.15) is 0 Å². The fraction of sp³-hybridized carbons (Fsp3) is 0.360. The fourth-order valence-electron chi connectivity index (χ4n) is 4.04. The molecule has 0 unspecified atom stereocenters. The van der Waals surface area contributed by atoms with Crippen LogP contribution in [0.5, 0.6) is 11.6 Å². The summed E-state index contributed by atoms with van der Waals surface area (Å²) >= 11 is 0. The van der Waals surface area contributed by atoms with E-state index in [2.05, 4.69) is 27.0 Å². The van der Waals surface area contributed by atoms with Gasteiger partial charge >= 0.3 is 0 Å². The van der Waals surface area contributed by atoms with E-state index in [1.165, 1.54) is 25.4 Å². The van der Waals surface area contributed by atoms with Crippen LogP contribution in [0.1, 0.15) is 32.6 Å². The Labute approximate surface area is 193 Å². The number of nitrogens with one attached hydrogen (secondary N) is 1. The monoisotopic (exact) mass is 452 g/mol. The summed E-state index contributed by atoms with van der Waals surface area (Å²) in [5.74, 6) is 1.09. The maximum absolute atomic E-state index is 13.0. The molecule has 8 heteroatoms. The third-order valence-corrected chi connectivity index (χ3v) is 5.89. The standard InChI is InChI=1S/C25H29FN4O3/c1-4-18(12-13-29-32-3)20-7-5-6-19(14-20)17(2)25(31)30-23-10-9-22(16-27-23)33-24-11-8-21(26)15-28-24/h4,8-13,15-17,19-20H,1,5-7,14H2,2-3H3,(H,27,30,31)/b18-12+,29-13+/t17-,19+,20-/m1/s1. The average Bonchev–Trinajstić information content (AvgIpc) is 2.84. The zero-order valence-corrected chi connectivity index (χ0v) is 18.9. The summed E-state index contributed by atoms with van der Waals surface area (Å²) in [6.07, 6.45) is 12.0. The largest absolute Gasteiger partial charge is 0.437 e. The summed E-state index contributed by atoms with van der Waals surface area (Å²) in [6, 6.07) is 6.04. The van der Waals surface area contributed by atoms with E-state index in [0.29, 0.717) is 17.5 Å². The quantitative estimate of drug-likeness (QED) is 0.307. The van der Waals surface area contributed by atoms with Crippen molar-refractivity contribution in [1.82, 2.24) is 9.97 Å². The van der Waals surface area contributed by atoms with Crippen LogP contribution in [0.4, 0.5) is 10.2 Å². The van der Waals surface area contributed by atoms with Gasteiger partial charge in [0.1, 0.15) is 24.5 Å². The number of ether oxygens (including phenoxy) is 1. The third kappa shape index (κ3) is 6.97. The van der Waals surface area contributed by atoms with Crippen LogP contribution in [0.3, 0.4) is 0 Å². The number of carbonyl (C=O) groups is 1. The lowest BCUT2D eigenvalue weighted by molar-refractivity contribution is -0.121. The maximum atomic E-state index is 13.0. The van der Waals surface area contributed by atoms with Crippen molar-refractivity contribution in [2.45, 2.75) is 32.6 Å². The molecule has 1 aliphatic carbocycles. The smallest absolute Gasteiger partial charge is 0.228 e. The van der Waals surface area contributed by atoms with Crippen LogP contribution in [-0.2, 0) is 9.63 Å². The minimum atomic E-state index is -0.436. The van der Waals surface area contributed by atoms with Crippen molar-refractivity contribution in [3.8, 4) is 11.6 Å². The van der Waals surface area contributed by atoms with E-state index in [0.717, 1.165) is 37.5 Å². The molecule has 0 saturated heterocycles. The molecule has 0 spiro atoms. The zero-order chi connectivity index (χ0) is 23.6. The summed E-state index contributed by atoms with van der Waals surface area (Å²) in [4.78, 5) is 25.7. The Hall–Kier alpha value is -3.55. The lowest BCUT2D eigenvalue weighted by Crippen LogP contribution is -2.31. The molecule has 2 heterocycles. The Morgan fingerprint density at radius 3 is 2.79 bits per heavy atom. The van der Waals surface area contributed by atoms with Gasteiger partial charge in [-0.3, -0.25) is 4.79 Å². The second-order valence-electron chi connectivity index (χ2n) is 8.01. The van der Waals surface area contributed by atoms with Crippen LogP contribution < -0.4 is 10.1 Å². The zero-order valence-electron chi connectivity index (χ0n) is 18.9. The van der Waals surface area contributed by atoms with Gasteiger partial charge in [0.2, 0.25) is 11.8 Å². The summed E-state index contributed by atoms with van der Waals surface area (Å²) in [5.41, 5.74) is 1.11. The van der Waals surface area contributed by atoms with E-state index in [1.807, 2.05) is 19.1 Å². The molecule has 1 aliphatic rings. The van der Waals surface area contributed by atoms with Gasteiger partial charge in [0.05, 0.1) is 18.6 Å². The van der Waals surface area contributed by atoms with Crippen molar-refractivity contribution in [1.29, 1.82) is 0 Å². The van der Waals surface area contributed by atoms with Gasteiger partial charge in [-0.05, 0) is 60.9 Å². The van der Waals surface area contributed by atoms with Crippen molar-refractivity contribution < 1.29 is 18.8 Å². The second-order valence-corrected chi connectivity index (χ2v) is 8.01. The van der Waals surface area contributed by atoms with Crippen molar-refractivity contribution in [3.63, 3.8) is 0 Å². The molecule has 1 N–H and O–H groups in total. The number of anilines is 1. The van der Waals surface area contributed by atoms with Crippen LogP contribution in [0.25, 0.3) is 0 Å². The van der Waals surface area contributed by atoms with E-state index in [-0.39, 0.29) is 23.6 Å². The van der Waals surface area contributed by atoms with Gasteiger partial charge in [-0.25, -0.2) is 14.4 Å². The molecular weight excluding hydrogens is 423 g/mol. The van der Waals surface area contributed by atoms with Crippen LogP contribution in [0.2, 0.25) is 0 Å². The number of rotatable bonds is 9. The van der Waals surface area contributed by atoms with Crippen molar-refractivity contribution in [3.05, 3.63) is 66.8 Å². The van der Waals surface area contributed by atoms with Crippen molar-refractivity contribution >= 4 is 17.9 Å². The SMILES string of the molecule is C=C/C(=C\C=N\OC)[C@@H]1CCC[C@H]([C@@H](C)C(=O)Nc2ccc(Oc3ccc(F)cn3)cn2)C1. The summed E-state index contributed by atoms with van der Waals surface area (Å²) < 4.78 is 18.5. The molecule has 2 aromatic rings. The minimum absolute atomic E-state index is 0.0629. The lowest BCUT2D eigenvalue weighted by Gasteiger charge is -2.33. The van der Waals surface area contributed by atoms with E-state index in [4.69, 9.17) is 9.57 Å². The first-order chi connectivity index (χ1) is 16.0. The predicted molar refractivity (Wildman–Crippen MR) is 126 cm³/mol. The van der Waals surface area contributed by atoms with Crippen LogP contribution >= 0.6 is 0 Å². The van der Waals surface area contributed by atoms with E-state index in [9.17, 15) is 9.18 Å². The topological polar surface area (TPSA) is 85.7 Å². The number of aromatic nitrogens is 2. The third-order valence-electron chi connectivity index (χ3n) is 5.89. The lowest BCUT2D eigenvalue weighted by atomic mass is 9.73. The van der Waals surface area contributed by atoms with Crippen molar-refractivity contribution in [2.75, 3.05) is 12.4 Å². The molecule has 1 amide bonds. The predicted octanol–water partition coefficient (Wildman–Crippen LogP) is 5.53. The molecule has 7 nitrogen and oxygen atoms in total. The first kappa shape index (κ1) is 24.1. The summed E-state index contributed by atoms with van der Waals surface area (Å²) in [6.45, 7) is 5.89. The molecule has 3 atom stereocenters. The van der Waals surface area contributed by atoms with Gasteiger partial charge < -0.3 is 14.9 Å². The molecular formula is C25H29FN4O3. The number of hydrogen-bond acceptors (Lipinski definition) is 6. The van der Waals surface area contributed by atoms with Gasteiger partial charge in [-0.15, -0.1) is 0 Å². The molecule has 33 heavy (non-hydrogen) atoms. The maximum Gasteiger partial charge on any atom is 0.228 e. The number of amides is 1. The van der Waals surface area contributed by atoms with Gasteiger partial charge in [0.15, 0.2) is 0 Å². The summed E-state index contributed by atoms with van der Waals surface area (Å²) in [7, 11) is 1.51. The Bertz CT molecular complexity index is 990. The van der Waals surface area contributed by atoms with E-state index in [1.54, 1.807) is 18.3 Å². The number of allylic oxidation sites excluding steroid dienone is 3. The minimum Gasteiger partial charge on any atom is -0.437 e. The Morgan fingerprint density at radius 2 is 2.12 bits per heavy atom. The highest BCUT2D eigenvalue weighted by Gasteiger charge is 2.31. The van der Waals surface area contributed by atoms with Crippen LogP contribution in [0, 0.1) is 23.6 Å². The molecule has 0 radical (unpaired) electrons. The number of oxime groups is 1. The molecule has 1 saturated carbocycles. The number of carbonyl (C=O) groups excluding carboxylic acids is 1. The highest BCUT2D eigenvalue weighted by molar-refractivity contribution is 5.91. The Morgan fingerprint density at radius 1 is 1.27 bits per heavy atom. The highest BCUT2D eigenvalue weighted by atomic mass is 19.1. The molecule has 1 fully saturated rings. The second kappa shape index (κ2) is 11.9. The molecule has 3 rings (SSSR count). The van der Waals surface area contributed by atoms with Gasteiger partial charge in [0.25, 0.3) is 0 Å².